The van der Waals surface area contributed by atoms with Crippen LogP contribution >= 0.6 is 0 Å². The van der Waals surface area contributed by atoms with Gasteiger partial charge in [-0.1, -0.05) is 23.4 Å². The molecule has 0 radical (unpaired) electrons. The van der Waals surface area contributed by atoms with E-state index in [-0.39, 0.29) is 16.5 Å². The topological polar surface area (TPSA) is 99.3 Å². The van der Waals surface area contributed by atoms with Gasteiger partial charge in [-0.05, 0) is 54.2 Å². The van der Waals surface area contributed by atoms with Crippen molar-refractivity contribution in [1.82, 2.24) is 14.9 Å². The largest absolute Gasteiger partial charge is 0.495 e. The van der Waals surface area contributed by atoms with Crippen LogP contribution in [0.2, 0.25) is 0 Å². The van der Waals surface area contributed by atoms with Crippen molar-refractivity contribution in [3.05, 3.63) is 66.0 Å². The highest BCUT2D eigenvalue weighted by atomic mass is 32.2. The fourth-order valence-corrected chi connectivity index (χ4v) is 4.82. The summed E-state index contributed by atoms with van der Waals surface area (Å²) in [5.41, 5.74) is 2.64. The number of anilines is 1. The quantitative estimate of drug-likeness (QED) is 0.485. The van der Waals surface area contributed by atoms with Gasteiger partial charge in [0.05, 0.1) is 19.0 Å². The van der Waals surface area contributed by atoms with Crippen LogP contribution in [0.4, 0.5) is 5.82 Å². The van der Waals surface area contributed by atoms with Crippen LogP contribution in [0, 0.1) is 0 Å². The van der Waals surface area contributed by atoms with E-state index in [0.29, 0.717) is 23.4 Å². The zero-order chi connectivity index (χ0) is 20.7. The number of sulfonamides is 1. The molecule has 2 aromatic carbocycles. The van der Waals surface area contributed by atoms with E-state index in [1.807, 2.05) is 23.0 Å². The van der Waals surface area contributed by atoms with Crippen LogP contribution in [0.25, 0.3) is 11.0 Å². The molecule has 30 heavy (non-hydrogen) atoms. The van der Waals surface area contributed by atoms with Gasteiger partial charge >= 0.3 is 0 Å². The first kappa shape index (κ1) is 18.7. The van der Waals surface area contributed by atoms with Gasteiger partial charge in [0.15, 0.2) is 11.4 Å². The van der Waals surface area contributed by atoms with Crippen molar-refractivity contribution >= 4 is 26.8 Å². The lowest BCUT2D eigenvalue weighted by molar-refractivity contribution is 0.403. The van der Waals surface area contributed by atoms with Gasteiger partial charge in [-0.2, -0.15) is 5.10 Å². The Kier molecular flexibility index (Phi) is 4.47. The van der Waals surface area contributed by atoms with Crippen LogP contribution in [-0.2, 0) is 16.6 Å². The summed E-state index contributed by atoms with van der Waals surface area (Å²) < 4.78 is 41.2. The van der Waals surface area contributed by atoms with Crippen LogP contribution in [0.3, 0.4) is 0 Å². The summed E-state index contributed by atoms with van der Waals surface area (Å²) in [6.45, 7) is 0.603. The van der Waals surface area contributed by atoms with Crippen LogP contribution in [0.5, 0.6) is 5.75 Å². The molecule has 1 aliphatic carbocycles. The number of nitrogens with zero attached hydrogens (tertiary/aromatic N) is 3. The SMILES string of the molecule is COc1ccccc1S(=O)(=O)Nc1noc2cc(Cn3cccn3)cc(C3CC3)c12. The summed E-state index contributed by atoms with van der Waals surface area (Å²) in [7, 11) is -2.47. The van der Waals surface area contributed by atoms with Gasteiger partial charge in [-0.3, -0.25) is 9.40 Å². The minimum atomic E-state index is -3.90. The normalized spacial score (nSPS) is 14.2. The summed E-state index contributed by atoms with van der Waals surface area (Å²) in [4.78, 5) is 0.0481. The van der Waals surface area contributed by atoms with Gasteiger partial charge in [0, 0.05) is 12.4 Å². The van der Waals surface area contributed by atoms with E-state index in [1.165, 1.54) is 13.2 Å². The highest BCUT2D eigenvalue weighted by molar-refractivity contribution is 7.92. The number of benzene rings is 2. The molecule has 154 valence electrons. The van der Waals surface area contributed by atoms with Crippen LogP contribution in [-0.4, -0.2) is 30.5 Å². The Balaban J connectivity index is 1.55. The minimum absolute atomic E-state index is 0.0481. The Labute approximate surface area is 173 Å². The van der Waals surface area contributed by atoms with Crippen molar-refractivity contribution in [2.45, 2.75) is 30.2 Å². The Hall–Kier alpha value is -3.33. The number of hydrogen-bond acceptors (Lipinski definition) is 6. The average Bonchev–Trinajstić information content (AvgIpc) is 3.34. The Bertz CT molecular complexity index is 1310. The molecule has 0 unspecified atom stereocenters. The molecular weight excluding hydrogens is 404 g/mol. The zero-order valence-corrected chi connectivity index (χ0v) is 17.1. The molecule has 1 fully saturated rings. The molecule has 2 heterocycles. The lowest BCUT2D eigenvalue weighted by atomic mass is 10.0. The van der Waals surface area contributed by atoms with Crippen LogP contribution in [0.15, 0.2) is 64.3 Å². The molecule has 0 aliphatic heterocycles. The van der Waals surface area contributed by atoms with E-state index >= 15 is 0 Å². The van der Waals surface area contributed by atoms with Crippen molar-refractivity contribution < 1.29 is 17.7 Å². The Morgan fingerprint density at radius 3 is 2.80 bits per heavy atom. The minimum Gasteiger partial charge on any atom is -0.495 e. The molecule has 0 amide bonds. The van der Waals surface area contributed by atoms with Crippen molar-refractivity contribution in [1.29, 1.82) is 0 Å². The van der Waals surface area contributed by atoms with Gasteiger partial charge in [0.1, 0.15) is 10.6 Å². The number of ether oxygens (including phenoxy) is 1. The van der Waals surface area contributed by atoms with Crippen molar-refractivity contribution in [3.8, 4) is 5.75 Å². The number of hydrogen-bond donors (Lipinski definition) is 1. The molecule has 9 heteroatoms. The van der Waals surface area contributed by atoms with Crippen molar-refractivity contribution in [2.75, 3.05) is 11.8 Å². The van der Waals surface area contributed by atoms with Gasteiger partial charge < -0.3 is 9.26 Å². The molecule has 0 spiro atoms. The Morgan fingerprint density at radius 1 is 1.23 bits per heavy atom. The van der Waals surface area contributed by atoms with E-state index in [9.17, 15) is 8.42 Å². The molecule has 8 nitrogen and oxygen atoms in total. The summed E-state index contributed by atoms with van der Waals surface area (Å²) in [5.74, 6) is 0.837. The number of nitrogens with one attached hydrogen (secondary N) is 1. The predicted molar refractivity (Wildman–Crippen MR) is 111 cm³/mol. The molecule has 0 saturated heterocycles. The molecule has 0 atom stereocenters. The standard InChI is InChI=1S/C21H20N4O4S/c1-28-17-5-2-3-6-19(17)30(26,27)24-21-20-16(15-7-8-15)11-14(12-18(20)29-23-21)13-25-10-4-9-22-25/h2-6,9-12,15H,7-8,13H2,1H3,(H,23,24). The molecule has 1 saturated carbocycles. The highest BCUT2D eigenvalue weighted by Gasteiger charge is 2.30. The third kappa shape index (κ3) is 3.41. The maximum absolute atomic E-state index is 13.0. The van der Waals surface area contributed by atoms with Crippen LogP contribution < -0.4 is 9.46 Å². The summed E-state index contributed by atoms with van der Waals surface area (Å²) in [6, 6.07) is 12.3. The summed E-state index contributed by atoms with van der Waals surface area (Å²) in [5, 5.41) is 9.00. The number of para-hydroxylation sites is 1. The first-order valence-corrected chi connectivity index (χ1v) is 11.1. The fourth-order valence-electron chi connectivity index (χ4n) is 3.64. The predicted octanol–water partition coefficient (Wildman–Crippen LogP) is 3.76. The second-order valence-corrected chi connectivity index (χ2v) is 8.97. The summed E-state index contributed by atoms with van der Waals surface area (Å²) in [6.07, 6.45) is 5.75. The zero-order valence-electron chi connectivity index (χ0n) is 16.3. The molecule has 5 rings (SSSR count). The second kappa shape index (κ2) is 7.17. The van der Waals surface area contributed by atoms with E-state index in [4.69, 9.17) is 9.26 Å². The number of fused-ring (bicyclic) bond motifs is 1. The maximum Gasteiger partial charge on any atom is 0.266 e. The van der Waals surface area contributed by atoms with E-state index < -0.39 is 10.0 Å². The Morgan fingerprint density at radius 2 is 2.07 bits per heavy atom. The van der Waals surface area contributed by atoms with Gasteiger partial charge in [-0.25, -0.2) is 8.42 Å². The molecule has 2 aromatic heterocycles. The van der Waals surface area contributed by atoms with Crippen LogP contribution in [0.1, 0.15) is 29.9 Å². The first-order valence-electron chi connectivity index (χ1n) is 9.60. The fraction of sp³-hybridized carbons (Fsp3) is 0.238. The third-order valence-electron chi connectivity index (χ3n) is 5.18. The van der Waals surface area contributed by atoms with E-state index in [2.05, 4.69) is 21.0 Å². The third-order valence-corrected chi connectivity index (χ3v) is 6.55. The van der Waals surface area contributed by atoms with E-state index in [1.54, 1.807) is 24.4 Å². The highest BCUT2D eigenvalue weighted by Crippen LogP contribution is 2.45. The maximum atomic E-state index is 13.0. The smallest absolute Gasteiger partial charge is 0.266 e. The molecular formula is C21H20N4O4S. The number of rotatable bonds is 7. The van der Waals surface area contributed by atoms with Gasteiger partial charge in [0.25, 0.3) is 10.0 Å². The number of methoxy groups -OCH3 is 1. The molecule has 4 aromatic rings. The molecule has 1 N–H and O–H groups in total. The van der Waals surface area contributed by atoms with Crippen molar-refractivity contribution in [3.63, 3.8) is 0 Å². The lowest BCUT2D eigenvalue weighted by Crippen LogP contribution is -2.14. The average molecular weight is 424 g/mol. The first-order chi connectivity index (χ1) is 14.5. The van der Waals surface area contributed by atoms with Crippen molar-refractivity contribution in [2.24, 2.45) is 0 Å². The molecule has 1 aliphatic rings. The van der Waals surface area contributed by atoms with Gasteiger partial charge in [0.2, 0.25) is 0 Å². The summed E-state index contributed by atoms with van der Waals surface area (Å²) >= 11 is 0. The van der Waals surface area contributed by atoms with Gasteiger partial charge in [-0.15, -0.1) is 0 Å². The molecule has 0 bridgehead atoms. The second-order valence-electron chi connectivity index (χ2n) is 7.32. The lowest BCUT2D eigenvalue weighted by Gasteiger charge is -2.11. The number of aromatic nitrogens is 3. The van der Waals surface area contributed by atoms with E-state index in [0.717, 1.165) is 24.0 Å². The monoisotopic (exact) mass is 424 g/mol.